The maximum absolute atomic E-state index is 11.4. The molecular weight excluding hydrogens is 202 g/mol. The van der Waals surface area contributed by atoms with Gasteiger partial charge >= 0.3 is 0 Å². The van der Waals surface area contributed by atoms with Gasteiger partial charge in [0.15, 0.2) is 5.78 Å². The van der Waals surface area contributed by atoms with Crippen LogP contribution in [0.15, 0.2) is 24.3 Å². The fourth-order valence-electron chi connectivity index (χ4n) is 1.86. The third-order valence-corrected chi connectivity index (χ3v) is 2.86. The summed E-state index contributed by atoms with van der Waals surface area (Å²) in [6.07, 6.45) is 0.910. The average molecular weight is 217 g/mol. The fourth-order valence-corrected chi connectivity index (χ4v) is 1.86. The Morgan fingerprint density at radius 2 is 1.88 bits per heavy atom. The van der Waals surface area contributed by atoms with Gasteiger partial charge in [-0.2, -0.15) is 0 Å². The van der Waals surface area contributed by atoms with E-state index in [0.717, 1.165) is 6.42 Å². The number of carbonyl (C=O) groups is 2. The Hall–Kier alpha value is -1.64. The third-order valence-electron chi connectivity index (χ3n) is 2.86. The number of hydrogen-bond donors (Lipinski definition) is 0. The van der Waals surface area contributed by atoms with Crippen LogP contribution in [0, 0.1) is 6.92 Å². The molecule has 0 aliphatic carbocycles. The first-order chi connectivity index (χ1) is 7.65. The van der Waals surface area contributed by atoms with Crippen molar-refractivity contribution in [1.82, 2.24) is 4.90 Å². The molecule has 0 radical (unpaired) electrons. The maximum Gasteiger partial charge on any atom is 0.230 e. The number of rotatable bonds is 3. The van der Waals surface area contributed by atoms with Gasteiger partial charge in [0.1, 0.15) is 0 Å². The molecule has 1 aromatic carbocycles. The summed E-state index contributed by atoms with van der Waals surface area (Å²) in [6.45, 7) is 2.99. The van der Waals surface area contributed by atoms with Crippen LogP contribution in [-0.4, -0.2) is 29.7 Å². The van der Waals surface area contributed by atoms with Crippen LogP contribution in [0.2, 0.25) is 0 Å². The molecule has 0 unspecified atom stereocenters. The van der Waals surface area contributed by atoms with Crippen molar-refractivity contribution in [2.75, 3.05) is 13.1 Å². The van der Waals surface area contributed by atoms with E-state index in [1.54, 1.807) is 4.90 Å². The smallest absolute Gasteiger partial charge is 0.230 e. The lowest BCUT2D eigenvalue weighted by Crippen LogP contribution is -2.27. The lowest BCUT2D eigenvalue weighted by atomic mass is 10.1. The van der Waals surface area contributed by atoms with Crippen LogP contribution in [0.3, 0.4) is 0 Å². The zero-order valence-electron chi connectivity index (χ0n) is 9.40. The third kappa shape index (κ3) is 2.48. The molecule has 0 bridgehead atoms. The van der Waals surface area contributed by atoms with Gasteiger partial charge in [0.25, 0.3) is 0 Å². The summed E-state index contributed by atoms with van der Waals surface area (Å²) in [6, 6.07) is 8.26. The van der Waals surface area contributed by atoms with E-state index in [4.69, 9.17) is 0 Å². The van der Waals surface area contributed by atoms with E-state index in [1.165, 1.54) is 11.1 Å². The van der Waals surface area contributed by atoms with Gasteiger partial charge in [-0.25, -0.2) is 0 Å². The van der Waals surface area contributed by atoms with Crippen LogP contribution >= 0.6 is 0 Å². The van der Waals surface area contributed by atoms with Crippen LogP contribution in [0.4, 0.5) is 0 Å². The van der Waals surface area contributed by atoms with Gasteiger partial charge in [-0.1, -0.05) is 29.8 Å². The largest absolute Gasteiger partial charge is 0.335 e. The van der Waals surface area contributed by atoms with Crippen molar-refractivity contribution in [2.45, 2.75) is 19.8 Å². The van der Waals surface area contributed by atoms with E-state index in [-0.39, 0.29) is 18.1 Å². The minimum Gasteiger partial charge on any atom is -0.335 e. The number of hydrogen-bond acceptors (Lipinski definition) is 2. The molecule has 84 valence electrons. The summed E-state index contributed by atoms with van der Waals surface area (Å²) in [5, 5.41) is 0. The molecule has 1 aliphatic rings. The van der Waals surface area contributed by atoms with Crippen LogP contribution in [0.25, 0.3) is 0 Å². The molecule has 0 atom stereocenters. The lowest BCUT2D eigenvalue weighted by Gasteiger charge is -2.14. The molecule has 3 nitrogen and oxygen atoms in total. The quantitative estimate of drug-likeness (QED) is 0.716. The van der Waals surface area contributed by atoms with Gasteiger partial charge in [-0.15, -0.1) is 0 Å². The molecule has 0 aromatic heterocycles. The second kappa shape index (κ2) is 4.47. The molecule has 1 saturated heterocycles. The number of amides is 1. The van der Waals surface area contributed by atoms with E-state index < -0.39 is 0 Å². The highest BCUT2D eigenvalue weighted by molar-refractivity contribution is 6.05. The average Bonchev–Trinajstić information content (AvgIpc) is 2.57. The number of likely N-dealkylation sites (tertiary alicyclic amines) is 1. The first-order valence-electron chi connectivity index (χ1n) is 5.50. The molecule has 1 aliphatic heterocycles. The van der Waals surface area contributed by atoms with Crippen LogP contribution in [-0.2, 0) is 16.0 Å². The van der Waals surface area contributed by atoms with Gasteiger partial charge in [0.2, 0.25) is 5.91 Å². The number of benzene rings is 1. The van der Waals surface area contributed by atoms with Crippen molar-refractivity contribution in [3.63, 3.8) is 0 Å². The molecule has 1 aromatic rings. The lowest BCUT2D eigenvalue weighted by molar-refractivity contribution is -0.127. The monoisotopic (exact) mass is 217 g/mol. The molecular formula is C13H15NO2. The molecule has 1 fully saturated rings. The van der Waals surface area contributed by atoms with Crippen molar-refractivity contribution in [3.8, 4) is 0 Å². The van der Waals surface area contributed by atoms with Crippen molar-refractivity contribution in [2.24, 2.45) is 0 Å². The van der Waals surface area contributed by atoms with Crippen molar-refractivity contribution in [3.05, 3.63) is 35.4 Å². The van der Waals surface area contributed by atoms with E-state index in [0.29, 0.717) is 13.1 Å². The Balaban J connectivity index is 1.90. The summed E-state index contributed by atoms with van der Waals surface area (Å²) in [5.74, 6) is 0.00557. The SMILES string of the molecule is Cc1ccc(CCN2CC(=O)CC2=O)cc1. The number of nitrogens with zero attached hydrogens (tertiary/aromatic N) is 1. The number of Topliss-reactive ketones (excluding diaryl/α,β-unsaturated/α-hetero) is 1. The summed E-state index contributed by atoms with van der Waals surface area (Å²) in [7, 11) is 0. The van der Waals surface area contributed by atoms with Crippen LogP contribution in [0.5, 0.6) is 0 Å². The van der Waals surface area contributed by atoms with Gasteiger partial charge in [0, 0.05) is 6.54 Å². The molecule has 1 amide bonds. The Bertz CT molecular complexity index is 408. The van der Waals surface area contributed by atoms with E-state index in [9.17, 15) is 9.59 Å². The van der Waals surface area contributed by atoms with Crippen molar-refractivity contribution >= 4 is 11.7 Å². The predicted molar refractivity (Wildman–Crippen MR) is 61.1 cm³/mol. The standard InChI is InChI=1S/C13H15NO2/c1-10-2-4-11(5-3-10)6-7-14-9-12(15)8-13(14)16/h2-5H,6-9H2,1H3. The Morgan fingerprint density at radius 3 is 2.44 bits per heavy atom. The van der Waals surface area contributed by atoms with Crippen LogP contribution in [0.1, 0.15) is 17.5 Å². The molecule has 0 N–H and O–H groups in total. The zero-order chi connectivity index (χ0) is 11.5. The number of ketones is 1. The Kier molecular flexibility index (Phi) is 3.04. The second-order valence-corrected chi connectivity index (χ2v) is 4.27. The minimum absolute atomic E-state index is 0.0305. The first-order valence-corrected chi connectivity index (χ1v) is 5.50. The molecule has 3 heteroatoms. The van der Waals surface area contributed by atoms with Gasteiger partial charge in [-0.3, -0.25) is 9.59 Å². The second-order valence-electron chi connectivity index (χ2n) is 4.27. The van der Waals surface area contributed by atoms with Crippen LogP contribution < -0.4 is 0 Å². The molecule has 0 saturated carbocycles. The molecule has 0 spiro atoms. The summed E-state index contributed by atoms with van der Waals surface area (Å²) >= 11 is 0. The molecule has 16 heavy (non-hydrogen) atoms. The minimum atomic E-state index is -0.0305. The number of carbonyl (C=O) groups excluding carboxylic acids is 2. The molecule has 1 heterocycles. The van der Waals surface area contributed by atoms with Crippen molar-refractivity contribution < 1.29 is 9.59 Å². The highest BCUT2D eigenvalue weighted by Gasteiger charge is 2.26. The Morgan fingerprint density at radius 1 is 1.19 bits per heavy atom. The zero-order valence-corrected chi connectivity index (χ0v) is 9.40. The van der Waals surface area contributed by atoms with E-state index >= 15 is 0 Å². The summed E-state index contributed by atoms with van der Waals surface area (Å²) in [5.41, 5.74) is 2.44. The first kappa shape index (κ1) is 10.9. The normalized spacial score (nSPS) is 15.9. The van der Waals surface area contributed by atoms with Gasteiger partial charge in [0.05, 0.1) is 13.0 Å². The van der Waals surface area contributed by atoms with Gasteiger partial charge in [-0.05, 0) is 18.9 Å². The topological polar surface area (TPSA) is 37.4 Å². The number of aryl methyl sites for hydroxylation is 1. The summed E-state index contributed by atoms with van der Waals surface area (Å²) in [4.78, 5) is 24.1. The van der Waals surface area contributed by atoms with E-state index in [2.05, 4.69) is 24.3 Å². The predicted octanol–water partition coefficient (Wildman–Crippen LogP) is 1.34. The van der Waals surface area contributed by atoms with Gasteiger partial charge < -0.3 is 4.90 Å². The fraction of sp³-hybridized carbons (Fsp3) is 0.385. The molecule has 2 rings (SSSR count). The summed E-state index contributed by atoms with van der Waals surface area (Å²) < 4.78 is 0. The van der Waals surface area contributed by atoms with E-state index in [1.807, 2.05) is 6.92 Å². The highest BCUT2D eigenvalue weighted by atomic mass is 16.2. The van der Waals surface area contributed by atoms with Crippen molar-refractivity contribution in [1.29, 1.82) is 0 Å². The Labute approximate surface area is 95.1 Å². The highest BCUT2D eigenvalue weighted by Crippen LogP contribution is 2.09. The maximum atomic E-state index is 11.4.